The van der Waals surface area contributed by atoms with Crippen molar-refractivity contribution in [3.63, 3.8) is 0 Å². The monoisotopic (exact) mass is 751 g/mol. The molecule has 0 aromatic heterocycles. The number of aliphatic carboxylic acids is 2. The van der Waals surface area contributed by atoms with E-state index in [0.717, 1.165) is 49.0 Å². The van der Waals surface area contributed by atoms with Gasteiger partial charge in [0, 0.05) is 13.0 Å². The number of aryl methyl sites for hydroxylation is 1. The van der Waals surface area contributed by atoms with Gasteiger partial charge in [-0.2, -0.15) is 0 Å². The lowest BCUT2D eigenvalue weighted by molar-refractivity contribution is -0.150. The van der Waals surface area contributed by atoms with Crippen LogP contribution in [0.2, 0.25) is 0 Å². The van der Waals surface area contributed by atoms with Crippen LogP contribution in [0.15, 0.2) is 81.7 Å². The molecule has 11 heteroatoms. The van der Waals surface area contributed by atoms with E-state index in [1.54, 1.807) is 24.3 Å². The van der Waals surface area contributed by atoms with Gasteiger partial charge in [0.1, 0.15) is 24.7 Å². The molecule has 238 valence electrons. The third-order valence-corrected chi connectivity index (χ3v) is 8.71. The van der Waals surface area contributed by atoms with E-state index in [1.165, 1.54) is 0 Å². The second kappa shape index (κ2) is 15.7. The Balaban J connectivity index is 1.43. The van der Waals surface area contributed by atoms with Gasteiger partial charge >= 0.3 is 17.8 Å². The van der Waals surface area contributed by atoms with Gasteiger partial charge in [-0.1, -0.05) is 48.5 Å². The molecule has 4 rings (SSSR count). The number of hydrogen-bond acceptors (Lipinski definition) is 6. The van der Waals surface area contributed by atoms with E-state index in [2.05, 4.69) is 63.2 Å². The van der Waals surface area contributed by atoms with Crippen LogP contribution >= 0.6 is 31.9 Å². The number of carboxylic acid groups (broad SMARTS) is 2. The van der Waals surface area contributed by atoms with Crippen molar-refractivity contribution in [2.24, 2.45) is 0 Å². The molecule has 46 heavy (non-hydrogen) atoms. The first-order valence-corrected chi connectivity index (χ1v) is 15.8. The maximum absolute atomic E-state index is 11.4. The summed E-state index contributed by atoms with van der Waals surface area (Å²) >= 11 is 7.02. The lowest BCUT2D eigenvalue weighted by atomic mass is 9.92. The summed E-state index contributed by atoms with van der Waals surface area (Å²) in [6.45, 7) is 4.86. The van der Waals surface area contributed by atoms with E-state index >= 15 is 0 Å². The first kappa shape index (κ1) is 34.4. The van der Waals surface area contributed by atoms with Crippen LogP contribution in [-0.4, -0.2) is 33.8 Å². The van der Waals surface area contributed by atoms with Crippen LogP contribution in [-0.2, 0) is 45.4 Å². The summed E-state index contributed by atoms with van der Waals surface area (Å²) in [6, 6.07) is 23.0. The number of Topliss-reactive ketones (excluding diaryl/α,β-unsaturated/α-hetero) is 1. The molecule has 4 aromatic carbocycles. The molecule has 0 spiro atoms. The zero-order valence-electron chi connectivity index (χ0n) is 25.1. The first-order valence-electron chi connectivity index (χ1n) is 14.2. The Labute approximate surface area is 282 Å². The Morgan fingerprint density at radius 3 is 1.67 bits per heavy atom. The van der Waals surface area contributed by atoms with Gasteiger partial charge in [-0.3, -0.25) is 9.59 Å². The molecule has 0 bridgehead atoms. The maximum atomic E-state index is 11.4. The zero-order chi connectivity index (χ0) is 33.4. The smallest absolute Gasteiger partial charge is 0.394 e. The van der Waals surface area contributed by atoms with Gasteiger partial charge in [-0.25, -0.2) is 9.59 Å². The minimum absolute atomic E-state index is 0.0646. The van der Waals surface area contributed by atoms with E-state index in [0.29, 0.717) is 35.6 Å². The molecule has 0 aliphatic heterocycles. The van der Waals surface area contributed by atoms with E-state index < -0.39 is 23.6 Å². The summed E-state index contributed by atoms with van der Waals surface area (Å²) in [5, 5.41) is 19.9. The number of carbonyl (C=O) groups is 4. The van der Waals surface area contributed by atoms with Crippen molar-refractivity contribution in [3.05, 3.63) is 115 Å². The van der Waals surface area contributed by atoms with Crippen molar-refractivity contribution in [3.8, 4) is 22.6 Å². The number of rotatable bonds is 13. The summed E-state index contributed by atoms with van der Waals surface area (Å²) in [6.07, 6.45) is 0.264. The van der Waals surface area contributed by atoms with E-state index in [-0.39, 0.29) is 13.0 Å². The van der Waals surface area contributed by atoms with Crippen LogP contribution in [0.4, 0.5) is 0 Å². The zero-order valence-corrected chi connectivity index (χ0v) is 28.2. The number of amides is 1. The van der Waals surface area contributed by atoms with Crippen molar-refractivity contribution < 1.29 is 38.9 Å². The molecule has 0 unspecified atom stereocenters. The molecule has 0 heterocycles. The predicted molar refractivity (Wildman–Crippen MR) is 179 cm³/mol. The summed E-state index contributed by atoms with van der Waals surface area (Å²) in [7, 11) is 0. The fourth-order valence-electron chi connectivity index (χ4n) is 4.79. The highest BCUT2D eigenvalue weighted by Gasteiger charge is 2.15. The fourth-order valence-corrected chi connectivity index (χ4v) is 5.87. The van der Waals surface area contributed by atoms with Gasteiger partial charge < -0.3 is 25.0 Å². The van der Waals surface area contributed by atoms with Gasteiger partial charge in [0.2, 0.25) is 5.78 Å². The number of benzene rings is 4. The number of carbonyl (C=O) groups excluding carboxylic acids is 2. The lowest BCUT2D eigenvalue weighted by Gasteiger charge is -2.17. The number of hydrogen-bond donors (Lipinski definition) is 3. The third-order valence-electron chi connectivity index (χ3n) is 7.47. The molecule has 0 fully saturated rings. The second-order valence-electron chi connectivity index (χ2n) is 10.5. The highest BCUT2D eigenvalue weighted by molar-refractivity contribution is 9.10. The number of nitrogens with one attached hydrogen (secondary N) is 1. The number of ether oxygens (including phenoxy) is 2. The van der Waals surface area contributed by atoms with Crippen LogP contribution in [0, 0.1) is 13.8 Å². The Hall–Kier alpha value is -4.48. The van der Waals surface area contributed by atoms with Crippen LogP contribution in [0.25, 0.3) is 11.1 Å². The fraction of sp³-hybridized carbons (Fsp3) is 0.200. The topological polar surface area (TPSA) is 139 Å². The molecular weight excluding hydrogens is 722 g/mol. The molecular formula is C35H31Br2NO8. The van der Waals surface area contributed by atoms with E-state index in [4.69, 9.17) is 19.7 Å². The van der Waals surface area contributed by atoms with E-state index in [9.17, 15) is 19.2 Å². The summed E-state index contributed by atoms with van der Waals surface area (Å²) in [4.78, 5) is 44.2. The number of carboxylic acids is 2. The summed E-state index contributed by atoms with van der Waals surface area (Å²) in [5.74, 6) is -3.58. The Morgan fingerprint density at radius 1 is 0.696 bits per heavy atom. The summed E-state index contributed by atoms with van der Waals surface area (Å²) in [5.41, 5.74) is 7.89. The first-order chi connectivity index (χ1) is 21.9. The van der Waals surface area contributed by atoms with E-state index in [1.807, 2.05) is 36.4 Å². The molecule has 0 aliphatic carbocycles. The van der Waals surface area contributed by atoms with Gasteiger partial charge in [0.15, 0.2) is 0 Å². The molecule has 0 atom stereocenters. The molecule has 0 radical (unpaired) electrons. The van der Waals surface area contributed by atoms with Crippen LogP contribution in [0.1, 0.15) is 39.8 Å². The quantitative estimate of drug-likeness (QED) is 0.125. The SMILES string of the molecule is Cc1c(COc2ccc(CCC(=O)C(=O)O)cc2Br)cccc1-c1cccc(COc2ccc(CNC(=O)C(=O)O)cc2Br)c1C. The van der Waals surface area contributed by atoms with Gasteiger partial charge in [0.05, 0.1) is 8.95 Å². The van der Waals surface area contributed by atoms with Gasteiger partial charge in [0.25, 0.3) is 0 Å². The molecule has 0 aliphatic rings. The highest BCUT2D eigenvalue weighted by atomic mass is 79.9. The van der Waals surface area contributed by atoms with Crippen molar-refractivity contribution in [1.82, 2.24) is 5.32 Å². The van der Waals surface area contributed by atoms with Crippen LogP contribution in [0.5, 0.6) is 11.5 Å². The third kappa shape index (κ3) is 8.82. The Bertz CT molecular complexity index is 1670. The number of ketones is 1. The summed E-state index contributed by atoms with van der Waals surface area (Å²) < 4.78 is 13.6. The highest BCUT2D eigenvalue weighted by Crippen LogP contribution is 2.33. The number of halogens is 2. The second-order valence-corrected chi connectivity index (χ2v) is 12.2. The van der Waals surface area contributed by atoms with Crippen molar-refractivity contribution >= 4 is 55.5 Å². The predicted octanol–water partition coefficient (Wildman–Crippen LogP) is 6.94. The Morgan fingerprint density at radius 2 is 1.20 bits per heavy atom. The molecule has 1 amide bonds. The lowest BCUT2D eigenvalue weighted by Crippen LogP contribution is -2.30. The average Bonchev–Trinajstić information content (AvgIpc) is 3.02. The molecule has 0 saturated carbocycles. The molecule has 9 nitrogen and oxygen atoms in total. The van der Waals surface area contributed by atoms with Crippen molar-refractivity contribution in [2.75, 3.05) is 0 Å². The minimum Gasteiger partial charge on any atom is -0.488 e. The minimum atomic E-state index is -1.53. The largest absolute Gasteiger partial charge is 0.488 e. The molecule has 0 saturated heterocycles. The van der Waals surface area contributed by atoms with Crippen molar-refractivity contribution in [1.29, 1.82) is 0 Å². The average molecular weight is 753 g/mol. The van der Waals surface area contributed by atoms with Crippen molar-refractivity contribution in [2.45, 2.75) is 46.4 Å². The van der Waals surface area contributed by atoms with Crippen LogP contribution in [0.3, 0.4) is 0 Å². The van der Waals surface area contributed by atoms with Crippen LogP contribution < -0.4 is 14.8 Å². The standard InChI is InChI=1S/C35H31Br2NO8/c1-20-24(18-45-31-13-10-22(15-28(31)36)9-12-30(39)34(41)42)5-3-7-26(20)27-8-4-6-25(21(27)2)19-46-32-14-11-23(16-29(32)37)17-38-33(40)35(43)44/h3-8,10-11,13-16H,9,12,17-19H2,1-2H3,(H,38,40)(H,41,42)(H,43,44). The van der Waals surface area contributed by atoms with Gasteiger partial charge in [-0.05, 0) is 121 Å². The molecule has 4 aromatic rings. The molecule has 3 N–H and O–H groups in total. The Kier molecular flexibility index (Phi) is 11.7. The normalized spacial score (nSPS) is 10.7. The van der Waals surface area contributed by atoms with Gasteiger partial charge in [-0.15, -0.1) is 0 Å². The maximum Gasteiger partial charge on any atom is 0.394 e.